The third kappa shape index (κ3) is 4.78. The van der Waals surface area contributed by atoms with Crippen LogP contribution in [-0.4, -0.2) is 61.3 Å². The zero-order chi connectivity index (χ0) is 24.8. The molecule has 0 spiro atoms. The number of pyridine rings is 1. The minimum absolute atomic E-state index is 0.139. The molecule has 0 saturated heterocycles. The number of rotatable bonds is 8. The van der Waals surface area contributed by atoms with Crippen molar-refractivity contribution >= 4 is 28.0 Å². The highest BCUT2D eigenvalue weighted by Crippen LogP contribution is 2.30. The van der Waals surface area contributed by atoms with Gasteiger partial charge in [-0.15, -0.1) is 0 Å². The molecule has 0 aromatic carbocycles. The predicted molar refractivity (Wildman–Crippen MR) is 135 cm³/mol. The van der Waals surface area contributed by atoms with Crippen LogP contribution in [-0.2, 0) is 19.4 Å². The number of hydrogen-bond acceptors (Lipinski definition) is 8. The van der Waals surface area contributed by atoms with Crippen molar-refractivity contribution < 1.29 is 5.11 Å². The fraction of sp³-hybridized carbons (Fsp3) is 0.458. The molecule has 4 rings (SSSR count). The quantitative estimate of drug-likeness (QED) is 0.358. The van der Waals surface area contributed by atoms with Crippen molar-refractivity contribution in [1.82, 2.24) is 29.5 Å². The summed E-state index contributed by atoms with van der Waals surface area (Å²) in [7, 11) is 1.50. The molecule has 0 bridgehead atoms. The Morgan fingerprint density at radius 3 is 2.50 bits per heavy atom. The average molecular weight is 467 g/mol. The smallest absolute Gasteiger partial charge is 0.270 e. The summed E-state index contributed by atoms with van der Waals surface area (Å²) in [4.78, 5) is 36.2. The van der Waals surface area contributed by atoms with E-state index >= 15 is 0 Å². The van der Waals surface area contributed by atoms with Crippen LogP contribution in [0.5, 0.6) is 0 Å². The van der Waals surface area contributed by atoms with Gasteiger partial charge in [0.1, 0.15) is 22.8 Å². The van der Waals surface area contributed by atoms with E-state index in [1.54, 1.807) is 6.20 Å². The first-order chi connectivity index (χ1) is 16.5. The van der Waals surface area contributed by atoms with Crippen LogP contribution in [0.25, 0.3) is 22.2 Å². The van der Waals surface area contributed by atoms with Crippen molar-refractivity contribution in [3.8, 4) is 0 Å². The molecule has 4 aromatic heterocycles. The number of aromatic amines is 1. The number of aliphatic hydroxyl groups is 1. The van der Waals surface area contributed by atoms with Crippen molar-refractivity contribution in [2.45, 2.75) is 47.1 Å². The summed E-state index contributed by atoms with van der Waals surface area (Å²) >= 11 is 0. The van der Waals surface area contributed by atoms with Crippen molar-refractivity contribution in [2.24, 2.45) is 5.73 Å². The molecule has 4 heterocycles. The summed E-state index contributed by atoms with van der Waals surface area (Å²) in [5.74, 6) is 1.65. The Kier molecular flexibility index (Phi) is 8.30. The largest absolute Gasteiger partial charge is 0.395 e. The Bertz CT molecular complexity index is 1320. The molecule has 0 saturated carbocycles. The number of aliphatic hydroxyl groups excluding tert-OH is 1. The number of hydrogen-bond donors (Lipinski definition) is 3. The van der Waals surface area contributed by atoms with Crippen molar-refractivity contribution in [1.29, 1.82) is 0 Å². The summed E-state index contributed by atoms with van der Waals surface area (Å²) in [5, 5.41) is 10.3. The molecular formula is C24H34N8O2. The third-order valence-corrected chi connectivity index (χ3v) is 5.88. The number of fused-ring (bicyclic) bond motifs is 2. The summed E-state index contributed by atoms with van der Waals surface area (Å²) in [5.41, 5.74) is 9.43. The lowest BCUT2D eigenvalue weighted by Gasteiger charge is -2.21. The fourth-order valence-corrected chi connectivity index (χ4v) is 4.19. The van der Waals surface area contributed by atoms with Gasteiger partial charge in [0.2, 0.25) is 0 Å². The third-order valence-electron chi connectivity index (χ3n) is 5.88. The van der Waals surface area contributed by atoms with Gasteiger partial charge in [0.25, 0.3) is 5.56 Å². The van der Waals surface area contributed by atoms with E-state index in [-0.39, 0.29) is 18.7 Å². The van der Waals surface area contributed by atoms with Crippen LogP contribution < -0.4 is 16.2 Å². The van der Waals surface area contributed by atoms with Crippen molar-refractivity contribution in [3.63, 3.8) is 0 Å². The van der Waals surface area contributed by atoms with Gasteiger partial charge in [0, 0.05) is 31.4 Å². The Balaban J connectivity index is 0.00000158. The molecule has 34 heavy (non-hydrogen) atoms. The lowest BCUT2D eigenvalue weighted by atomic mass is 10.1. The van der Waals surface area contributed by atoms with E-state index in [1.807, 2.05) is 6.07 Å². The highest BCUT2D eigenvalue weighted by Gasteiger charge is 2.19. The summed E-state index contributed by atoms with van der Waals surface area (Å²) < 4.78 is 1.43. The minimum Gasteiger partial charge on any atom is -0.395 e. The molecule has 0 amide bonds. The van der Waals surface area contributed by atoms with Crippen LogP contribution in [0, 0.1) is 6.92 Å². The maximum absolute atomic E-state index is 12.1. The summed E-state index contributed by atoms with van der Waals surface area (Å²) in [6.07, 6.45) is 4.39. The number of aryl methyl sites for hydroxylation is 2. The molecule has 0 aliphatic heterocycles. The Morgan fingerprint density at radius 2 is 1.85 bits per heavy atom. The van der Waals surface area contributed by atoms with E-state index < -0.39 is 0 Å². The lowest BCUT2D eigenvalue weighted by Crippen LogP contribution is -2.24. The number of nitrogens with one attached hydrogen (secondary N) is 1. The van der Waals surface area contributed by atoms with Crippen LogP contribution in [0.3, 0.4) is 0 Å². The maximum Gasteiger partial charge on any atom is 0.270 e. The second kappa shape index (κ2) is 11.2. The molecule has 0 aliphatic carbocycles. The Morgan fingerprint density at radius 1 is 1.12 bits per heavy atom. The van der Waals surface area contributed by atoms with Gasteiger partial charge in [-0.3, -0.25) is 9.36 Å². The number of nitrogens with two attached hydrogens (primary N) is 1. The van der Waals surface area contributed by atoms with Crippen molar-refractivity contribution in [3.05, 3.63) is 51.5 Å². The SMILES string of the molecule is CCc1[nH]c2nc(Cc3cnc4c(c3)ncc(=O)n4CCO)nc(N(CC)CC)c2c1C.CN. The van der Waals surface area contributed by atoms with Crippen LogP contribution >= 0.6 is 0 Å². The minimum atomic E-state index is -0.279. The summed E-state index contributed by atoms with van der Waals surface area (Å²) in [6.45, 7) is 10.3. The Labute approximate surface area is 198 Å². The molecule has 4 N–H and O–H groups in total. The Hall–Kier alpha value is -3.37. The van der Waals surface area contributed by atoms with Gasteiger partial charge in [-0.25, -0.2) is 19.9 Å². The van der Waals surface area contributed by atoms with E-state index in [4.69, 9.17) is 9.97 Å². The van der Waals surface area contributed by atoms with E-state index in [2.05, 4.69) is 53.3 Å². The van der Waals surface area contributed by atoms with Crippen LogP contribution in [0.4, 0.5) is 5.82 Å². The molecule has 10 nitrogen and oxygen atoms in total. The number of anilines is 1. The molecule has 10 heteroatoms. The fourth-order valence-electron chi connectivity index (χ4n) is 4.19. The molecule has 0 unspecified atom stereocenters. The molecule has 0 atom stereocenters. The van der Waals surface area contributed by atoms with E-state index in [0.29, 0.717) is 23.4 Å². The van der Waals surface area contributed by atoms with Gasteiger partial charge in [-0.2, -0.15) is 0 Å². The van der Waals surface area contributed by atoms with E-state index in [1.165, 1.54) is 29.1 Å². The maximum atomic E-state index is 12.1. The molecule has 0 aliphatic rings. The van der Waals surface area contributed by atoms with Gasteiger partial charge in [-0.1, -0.05) is 6.92 Å². The molecule has 0 fully saturated rings. The highest BCUT2D eigenvalue weighted by atomic mass is 16.3. The van der Waals surface area contributed by atoms with E-state index in [9.17, 15) is 9.90 Å². The molecular weight excluding hydrogens is 432 g/mol. The van der Waals surface area contributed by atoms with Crippen molar-refractivity contribution in [2.75, 3.05) is 31.6 Å². The normalized spacial score (nSPS) is 11.0. The number of aromatic nitrogens is 6. The molecule has 0 radical (unpaired) electrons. The van der Waals surface area contributed by atoms with Gasteiger partial charge >= 0.3 is 0 Å². The number of H-pyrrole nitrogens is 1. The molecule has 182 valence electrons. The second-order valence-corrected chi connectivity index (χ2v) is 7.78. The first kappa shape index (κ1) is 25.3. The molecule has 4 aromatic rings. The first-order valence-corrected chi connectivity index (χ1v) is 11.7. The standard InChI is InChI=1S/C23H29N7O2.CH5N/c1-5-16-14(4)20-21(26-16)27-18(28-23(20)29(6-2)7-3)11-15-10-17-22(25-12-15)30(8-9-31)19(32)13-24-17;1-2/h10,12-13,31H,5-9,11H2,1-4H3,(H,26,27,28);2H2,1H3. The highest BCUT2D eigenvalue weighted by molar-refractivity contribution is 5.92. The average Bonchev–Trinajstić information content (AvgIpc) is 3.18. The van der Waals surface area contributed by atoms with Crippen LogP contribution in [0.15, 0.2) is 23.3 Å². The zero-order valence-corrected chi connectivity index (χ0v) is 20.6. The first-order valence-electron chi connectivity index (χ1n) is 11.7. The van der Waals surface area contributed by atoms with Crippen LogP contribution in [0.2, 0.25) is 0 Å². The van der Waals surface area contributed by atoms with E-state index in [0.717, 1.165) is 41.9 Å². The predicted octanol–water partition coefficient (Wildman–Crippen LogP) is 1.94. The van der Waals surface area contributed by atoms with Gasteiger partial charge in [-0.05, 0) is 51.4 Å². The monoisotopic (exact) mass is 466 g/mol. The zero-order valence-electron chi connectivity index (χ0n) is 20.6. The van der Waals surface area contributed by atoms with Gasteiger partial charge < -0.3 is 20.7 Å². The summed E-state index contributed by atoms with van der Waals surface area (Å²) in [6, 6.07) is 1.90. The van der Waals surface area contributed by atoms with Crippen LogP contribution in [0.1, 0.15) is 43.4 Å². The number of nitrogens with zero attached hydrogens (tertiary/aromatic N) is 6. The second-order valence-electron chi connectivity index (χ2n) is 7.78. The van der Waals surface area contributed by atoms with Gasteiger partial charge in [0.15, 0.2) is 5.65 Å². The topological polar surface area (TPSA) is 139 Å². The van der Waals surface area contributed by atoms with Gasteiger partial charge in [0.05, 0.1) is 24.7 Å². The lowest BCUT2D eigenvalue weighted by molar-refractivity contribution is 0.276.